The number of nitrogens with zero attached hydrogens (tertiary/aromatic N) is 3. The van der Waals surface area contributed by atoms with Crippen LogP contribution in [0.1, 0.15) is 41.5 Å². The number of carbonyl (C=O) groups is 2. The van der Waals surface area contributed by atoms with Crippen molar-refractivity contribution in [1.82, 2.24) is 24.5 Å². The van der Waals surface area contributed by atoms with Gasteiger partial charge in [-0.1, -0.05) is 25.6 Å². The van der Waals surface area contributed by atoms with Crippen molar-refractivity contribution in [2.45, 2.75) is 63.7 Å². The number of nitrogens with one attached hydrogen (secondary N) is 2. The van der Waals surface area contributed by atoms with Crippen molar-refractivity contribution in [3.8, 4) is 0 Å². The molecule has 0 aliphatic carbocycles. The van der Waals surface area contributed by atoms with Gasteiger partial charge >= 0.3 is 6.03 Å². The number of carbonyl (C=O) groups excluding carboxylic acids is 2. The van der Waals surface area contributed by atoms with Crippen LogP contribution in [0, 0.1) is 0 Å². The molecule has 31 heavy (non-hydrogen) atoms. The Balaban J connectivity index is 2.22. The summed E-state index contributed by atoms with van der Waals surface area (Å²) in [5.41, 5.74) is 0.884. The third-order valence-corrected chi connectivity index (χ3v) is 7.44. The number of aromatic nitrogens is 2. The van der Waals surface area contributed by atoms with Gasteiger partial charge in [0.25, 0.3) is 0 Å². The molecule has 11 heteroatoms. The number of amides is 3. The first-order valence-electron chi connectivity index (χ1n) is 10.2. The zero-order valence-corrected chi connectivity index (χ0v) is 20.5. The lowest BCUT2D eigenvalue weighted by atomic mass is 10.1. The van der Waals surface area contributed by atoms with E-state index in [4.69, 9.17) is 0 Å². The average molecular weight is 470 g/mol. The van der Waals surface area contributed by atoms with Crippen molar-refractivity contribution < 1.29 is 18.0 Å². The first-order chi connectivity index (χ1) is 14.4. The summed E-state index contributed by atoms with van der Waals surface area (Å²) in [4.78, 5) is 28.7. The molecule has 0 aliphatic heterocycles. The molecule has 2 N–H and O–H groups in total. The van der Waals surface area contributed by atoms with Crippen LogP contribution in [-0.4, -0.2) is 58.6 Å². The Hall–Kier alpha value is -2.11. The molecular weight excluding hydrogens is 438 g/mol. The van der Waals surface area contributed by atoms with Crippen LogP contribution in [-0.2, 0) is 21.4 Å². The fraction of sp³-hybridized carbons (Fsp3) is 0.550. The maximum Gasteiger partial charge on any atom is 0.321 e. The second-order valence-electron chi connectivity index (χ2n) is 7.92. The zero-order chi connectivity index (χ0) is 23.4. The van der Waals surface area contributed by atoms with E-state index in [0.717, 1.165) is 5.52 Å². The second kappa shape index (κ2) is 10.0. The lowest BCUT2D eigenvalue weighted by molar-refractivity contribution is -0.117. The van der Waals surface area contributed by atoms with Gasteiger partial charge < -0.3 is 9.88 Å². The summed E-state index contributed by atoms with van der Waals surface area (Å²) in [5, 5.41) is 5.55. The van der Waals surface area contributed by atoms with E-state index in [1.54, 1.807) is 32.0 Å². The van der Waals surface area contributed by atoms with E-state index in [-0.39, 0.29) is 10.6 Å². The molecule has 0 aliphatic rings. The lowest BCUT2D eigenvalue weighted by Gasteiger charge is -2.20. The molecular formula is C20H31N5O4S2. The molecule has 3 amide bonds. The molecule has 1 heterocycles. The Labute approximate surface area is 188 Å². The van der Waals surface area contributed by atoms with Gasteiger partial charge in [0, 0.05) is 25.2 Å². The molecule has 0 saturated heterocycles. The molecule has 9 nitrogen and oxygen atoms in total. The topological polar surface area (TPSA) is 113 Å². The summed E-state index contributed by atoms with van der Waals surface area (Å²) in [7, 11) is -3.59. The van der Waals surface area contributed by atoms with E-state index in [9.17, 15) is 18.0 Å². The Morgan fingerprint density at radius 3 is 2.35 bits per heavy atom. The molecule has 1 aromatic carbocycles. The number of aryl methyl sites for hydroxylation is 1. The van der Waals surface area contributed by atoms with Gasteiger partial charge in [0.2, 0.25) is 15.9 Å². The molecule has 0 spiro atoms. The Kier molecular flexibility index (Phi) is 8.12. The fourth-order valence-corrected chi connectivity index (χ4v) is 5.40. The normalized spacial score (nSPS) is 12.4. The first kappa shape index (κ1) is 25.2. The van der Waals surface area contributed by atoms with Crippen molar-refractivity contribution in [3.05, 3.63) is 18.2 Å². The predicted octanol–water partition coefficient (Wildman–Crippen LogP) is 2.80. The quantitative estimate of drug-likeness (QED) is 0.575. The SMILES string of the molecule is CCN(CC)S(=O)(=O)c1ccc2c(c1)nc(SCC(=O)NC(=O)NC(C)(C)C)n2CC. The molecule has 2 aromatic rings. The molecule has 1 aromatic heterocycles. The summed E-state index contributed by atoms with van der Waals surface area (Å²) in [6.07, 6.45) is 0. The van der Waals surface area contributed by atoms with Gasteiger partial charge in [-0.15, -0.1) is 0 Å². The molecule has 0 unspecified atom stereocenters. The van der Waals surface area contributed by atoms with Gasteiger partial charge in [-0.25, -0.2) is 18.2 Å². The van der Waals surface area contributed by atoms with Gasteiger partial charge in [0.15, 0.2) is 5.16 Å². The van der Waals surface area contributed by atoms with Gasteiger partial charge in [0.05, 0.1) is 21.7 Å². The highest BCUT2D eigenvalue weighted by Gasteiger charge is 2.23. The minimum Gasteiger partial charge on any atom is -0.333 e. The van der Waals surface area contributed by atoms with Gasteiger partial charge in [-0.2, -0.15) is 4.31 Å². The highest BCUT2D eigenvalue weighted by atomic mass is 32.2. The standard InChI is InChI=1S/C20H31N5O4S2/c1-7-24(8-2)31(28,29)14-10-11-16-15(12-14)21-19(25(16)9-3)30-13-17(26)22-18(27)23-20(4,5)6/h10-12H,7-9,13H2,1-6H3,(H2,22,23,26,27). The van der Waals surface area contributed by atoms with Crippen LogP contribution in [0.2, 0.25) is 0 Å². The van der Waals surface area contributed by atoms with Crippen LogP contribution in [0.15, 0.2) is 28.3 Å². The fourth-order valence-electron chi connectivity index (χ4n) is 3.04. The van der Waals surface area contributed by atoms with Crippen LogP contribution in [0.25, 0.3) is 11.0 Å². The van der Waals surface area contributed by atoms with E-state index in [2.05, 4.69) is 15.6 Å². The zero-order valence-electron chi connectivity index (χ0n) is 18.9. The van der Waals surface area contributed by atoms with E-state index < -0.39 is 27.5 Å². The minimum atomic E-state index is -3.59. The number of rotatable bonds is 8. The smallest absolute Gasteiger partial charge is 0.321 e. The van der Waals surface area contributed by atoms with Crippen molar-refractivity contribution in [2.24, 2.45) is 0 Å². The van der Waals surface area contributed by atoms with E-state index >= 15 is 0 Å². The minimum absolute atomic E-state index is 0.00544. The number of thioether (sulfide) groups is 1. The number of fused-ring (bicyclic) bond motifs is 1. The lowest BCUT2D eigenvalue weighted by Crippen LogP contribution is -2.48. The summed E-state index contributed by atoms with van der Waals surface area (Å²) in [6.45, 7) is 12.4. The predicted molar refractivity (Wildman–Crippen MR) is 123 cm³/mol. The highest BCUT2D eigenvalue weighted by molar-refractivity contribution is 7.99. The maximum absolute atomic E-state index is 12.8. The number of imide groups is 1. The highest BCUT2D eigenvalue weighted by Crippen LogP contribution is 2.27. The number of hydrogen-bond donors (Lipinski definition) is 2. The molecule has 2 rings (SSSR count). The Bertz CT molecular complexity index is 1050. The van der Waals surface area contributed by atoms with Crippen LogP contribution in [0.5, 0.6) is 0 Å². The summed E-state index contributed by atoms with van der Waals surface area (Å²) < 4.78 is 28.9. The molecule has 172 valence electrons. The Morgan fingerprint density at radius 2 is 1.81 bits per heavy atom. The van der Waals surface area contributed by atoms with E-state index in [1.165, 1.54) is 16.1 Å². The van der Waals surface area contributed by atoms with Crippen molar-refractivity contribution in [1.29, 1.82) is 0 Å². The third-order valence-electron chi connectivity index (χ3n) is 4.42. The number of benzene rings is 1. The van der Waals surface area contributed by atoms with Gasteiger partial charge in [-0.3, -0.25) is 10.1 Å². The van der Waals surface area contributed by atoms with Crippen LogP contribution in [0.4, 0.5) is 4.79 Å². The van der Waals surface area contributed by atoms with Crippen molar-refractivity contribution in [3.63, 3.8) is 0 Å². The number of urea groups is 1. The molecule has 0 fully saturated rings. The van der Waals surface area contributed by atoms with E-state index in [1.807, 2.05) is 32.3 Å². The first-order valence-corrected chi connectivity index (χ1v) is 12.6. The molecule has 0 saturated carbocycles. The summed E-state index contributed by atoms with van der Waals surface area (Å²) in [5.74, 6) is -0.433. The van der Waals surface area contributed by atoms with Gasteiger partial charge in [-0.05, 0) is 45.9 Å². The molecule has 0 atom stereocenters. The van der Waals surface area contributed by atoms with Crippen LogP contribution < -0.4 is 10.6 Å². The monoisotopic (exact) mass is 469 g/mol. The average Bonchev–Trinajstić information content (AvgIpc) is 3.02. The van der Waals surface area contributed by atoms with Crippen molar-refractivity contribution in [2.75, 3.05) is 18.8 Å². The van der Waals surface area contributed by atoms with Crippen LogP contribution in [0.3, 0.4) is 0 Å². The number of hydrogen-bond acceptors (Lipinski definition) is 6. The number of imidazole rings is 1. The van der Waals surface area contributed by atoms with Crippen LogP contribution >= 0.6 is 11.8 Å². The molecule has 0 radical (unpaired) electrons. The largest absolute Gasteiger partial charge is 0.333 e. The van der Waals surface area contributed by atoms with Gasteiger partial charge in [0.1, 0.15) is 0 Å². The maximum atomic E-state index is 12.8. The third kappa shape index (κ3) is 6.20. The Morgan fingerprint density at radius 1 is 1.16 bits per heavy atom. The number of sulfonamides is 1. The summed E-state index contributed by atoms with van der Waals surface area (Å²) in [6, 6.07) is 4.34. The van der Waals surface area contributed by atoms with E-state index in [0.29, 0.717) is 30.3 Å². The summed E-state index contributed by atoms with van der Waals surface area (Å²) >= 11 is 1.19. The second-order valence-corrected chi connectivity index (χ2v) is 10.8. The molecule has 0 bridgehead atoms. The van der Waals surface area contributed by atoms with Crippen molar-refractivity contribution >= 4 is 44.8 Å².